The fourth-order valence-electron chi connectivity index (χ4n) is 1.97. The van der Waals surface area contributed by atoms with Crippen molar-refractivity contribution < 1.29 is 19.2 Å². The normalized spacial score (nSPS) is 18.3. The van der Waals surface area contributed by atoms with Crippen LogP contribution in [0.15, 0.2) is 42.6 Å². The van der Waals surface area contributed by atoms with Crippen LogP contribution in [0.1, 0.15) is 5.56 Å². The first-order valence-electron chi connectivity index (χ1n) is 5.93. The molecule has 0 saturated carbocycles. The second kappa shape index (κ2) is 5.96. The molecule has 0 aromatic heterocycles. The molecule has 1 atom stereocenters. The van der Waals surface area contributed by atoms with Crippen LogP contribution in [0.2, 0.25) is 0 Å². The summed E-state index contributed by atoms with van der Waals surface area (Å²) < 4.78 is 4.84. The van der Waals surface area contributed by atoms with Gasteiger partial charge in [-0.3, -0.25) is 14.9 Å². The van der Waals surface area contributed by atoms with E-state index in [1.54, 1.807) is 0 Å². The zero-order valence-corrected chi connectivity index (χ0v) is 10.5. The van der Waals surface area contributed by atoms with E-state index in [-0.39, 0.29) is 6.61 Å². The predicted octanol–water partition coefficient (Wildman–Crippen LogP) is 1.37. The highest BCUT2D eigenvalue weighted by Gasteiger charge is 2.37. The SMILES string of the molecule is O=C(/C=C/[N+](=O)[O-])N1C(=O)OCC1Cc1ccccc1. The molecule has 0 bridgehead atoms. The Balaban J connectivity index is 2.10. The van der Waals surface area contributed by atoms with Crippen molar-refractivity contribution in [2.45, 2.75) is 12.5 Å². The average molecular weight is 276 g/mol. The first-order valence-corrected chi connectivity index (χ1v) is 5.93. The molecule has 1 aromatic rings. The van der Waals surface area contributed by atoms with Crippen LogP contribution in [0.4, 0.5) is 4.79 Å². The largest absolute Gasteiger partial charge is 0.447 e. The van der Waals surface area contributed by atoms with Crippen LogP contribution in [0.3, 0.4) is 0 Å². The Morgan fingerprint density at radius 1 is 1.45 bits per heavy atom. The molecule has 1 aliphatic heterocycles. The molecule has 1 aliphatic rings. The number of amides is 2. The summed E-state index contributed by atoms with van der Waals surface area (Å²) in [6, 6.07) is 8.87. The fourth-order valence-corrected chi connectivity index (χ4v) is 1.97. The monoisotopic (exact) mass is 276 g/mol. The smallest absolute Gasteiger partial charge is 0.417 e. The van der Waals surface area contributed by atoms with Crippen molar-refractivity contribution in [1.29, 1.82) is 0 Å². The van der Waals surface area contributed by atoms with Crippen molar-refractivity contribution in [1.82, 2.24) is 4.90 Å². The van der Waals surface area contributed by atoms with E-state index in [9.17, 15) is 19.7 Å². The van der Waals surface area contributed by atoms with Gasteiger partial charge in [0.15, 0.2) is 0 Å². The summed E-state index contributed by atoms with van der Waals surface area (Å²) in [5.41, 5.74) is 0.951. The van der Waals surface area contributed by atoms with E-state index in [0.29, 0.717) is 12.6 Å². The lowest BCUT2D eigenvalue weighted by atomic mass is 10.1. The average Bonchev–Trinajstić information content (AvgIpc) is 2.78. The molecule has 7 nitrogen and oxygen atoms in total. The van der Waals surface area contributed by atoms with Gasteiger partial charge in [-0.1, -0.05) is 30.3 Å². The van der Waals surface area contributed by atoms with Crippen molar-refractivity contribution in [2.24, 2.45) is 0 Å². The van der Waals surface area contributed by atoms with Gasteiger partial charge in [-0.15, -0.1) is 0 Å². The molecule has 2 amide bonds. The summed E-state index contributed by atoms with van der Waals surface area (Å²) in [6.07, 6.45) is 0.937. The first-order chi connectivity index (χ1) is 9.58. The lowest BCUT2D eigenvalue weighted by Gasteiger charge is -2.17. The number of hydrogen-bond donors (Lipinski definition) is 0. The number of rotatable bonds is 4. The summed E-state index contributed by atoms with van der Waals surface area (Å²) in [7, 11) is 0. The number of benzene rings is 1. The third kappa shape index (κ3) is 3.19. The molecule has 1 unspecified atom stereocenters. The van der Waals surface area contributed by atoms with Gasteiger partial charge in [0.2, 0.25) is 6.20 Å². The van der Waals surface area contributed by atoms with Crippen LogP contribution in [-0.2, 0) is 16.0 Å². The Hall–Kier alpha value is -2.70. The standard InChI is InChI=1S/C13H12N2O5/c16-12(6-7-14(18)19)15-11(9-20-13(15)17)8-10-4-2-1-3-5-10/h1-7,11H,8-9H2/b7-6+. The summed E-state index contributed by atoms with van der Waals surface area (Å²) in [5, 5.41) is 10.2. The summed E-state index contributed by atoms with van der Waals surface area (Å²) in [5.74, 6) is -0.745. The van der Waals surface area contributed by atoms with Gasteiger partial charge in [-0.25, -0.2) is 9.69 Å². The van der Waals surface area contributed by atoms with E-state index >= 15 is 0 Å². The highest BCUT2D eigenvalue weighted by atomic mass is 16.6. The van der Waals surface area contributed by atoms with Gasteiger partial charge in [0.25, 0.3) is 5.91 Å². The van der Waals surface area contributed by atoms with Crippen LogP contribution < -0.4 is 0 Å². The van der Waals surface area contributed by atoms with E-state index in [0.717, 1.165) is 16.5 Å². The number of carbonyl (C=O) groups excluding carboxylic acids is 2. The maximum absolute atomic E-state index is 11.8. The Labute approximate surface area is 114 Å². The van der Waals surface area contributed by atoms with Crippen LogP contribution in [0, 0.1) is 10.1 Å². The van der Waals surface area contributed by atoms with Gasteiger partial charge in [-0.2, -0.15) is 0 Å². The van der Waals surface area contributed by atoms with Crippen LogP contribution in [0.25, 0.3) is 0 Å². The molecular weight excluding hydrogens is 264 g/mol. The van der Waals surface area contributed by atoms with Crippen LogP contribution >= 0.6 is 0 Å². The number of ether oxygens (including phenoxy) is 1. The zero-order chi connectivity index (χ0) is 14.5. The minimum atomic E-state index is -0.774. The van der Waals surface area contributed by atoms with Gasteiger partial charge < -0.3 is 4.74 Å². The number of nitro groups is 1. The number of hydrogen-bond acceptors (Lipinski definition) is 5. The van der Waals surface area contributed by atoms with E-state index in [1.165, 1.54) is 0 Å². The topological polar surface area (TPSA) is 89.8 Å². The van der Waals surface area contributed by atoms with Crippen LogP contribution in [0.5, 0.6) is 0 Å². The molecule has 0 spiro atoms. The van der Waals surface area contributed by atoms with Crippen molar-refractivity contribution in [3.63, 3.8) is 0 Å². The number of imide groups is 1. The highest BCUT2D eigenvalue weighted by molar-refractivity contribution is 5.99. The molecular formula is C13H12N2O5. The summed E-state index contributed by atoms with van der Waals surface area (Å²) >= 11 is 0. The summed E-state index contributed by atoms with van der Waals surface area (Å²) in [4.78, 5) is 33.7. The minimum Gasteiger partial charge on any atom is -0.447 e. The molecule has 0 radical (unpaired) electrons. The fraction of sp³-hybridized carbons (Fsp3) is 0.231. The highest BCUT2D eigenvalue weighted by Crippen LogP contribution is 2.17. The molecule has 0 N–H and O–H groups in total. The summed E-state index contributed by atoms with van der Waals surface area (Å²) in [6.45, 7) is 0.0891. The first kappa shape index (κ1) is 13.7. The molecule has 7 heteroatoms. The van der Waals surface area contributed by atoms with Gasteiger partial charge >= 0.3 is 6.09 Å². The zero-order valence-electron chi connectivity index (χ0n) is 10.5. The van der Waals surface area contributed by atoms with Crippen molar-refractivity contribution >= 4 is 12.0 Å². The van der Waals surface area contributed by atoms with Crippen molar-refractivity contribution in [3.8, 4) is 0 Å². The van der Waals surface area contributed by atoms with Gasteiger partial charge in [0.1, 0.15) is 6.61 Å². The molecule has 1 fully saturated rings. The lowest BCUT2D eigenvalue weighted by molar-refractivity contribution is -0.402. The maximum atomic E-state index is 11.8. The number of carbonyl (C=O) groups is 2. The number of nitrogens with zero attached hydrogens (tertiary/aromatic N) is 2. The third-order valence-electron chi connectivity index (χ3n) is 2.85. The Morgan fingerprint density at radius 2 is 2.15 bits per heavy atom. The molecule has 0 aliphatic carbocycles. The lowest BCUT2D eigenvalue weighted by Crippen LogP contribution is -2.39. The van der Waals surface area contributed by atoms with Gasteiger partial charge in [0, 0.05) is 0 Å². The Kier molecular flexibility index (Phi) is 4.09. The second-order valence-electron chi connectivity index (χ2n) is 4.23. The molecule has 104 valence electrons. The maximum Gasteiger partial charge on any atom is 0.417 e. The van der Waals surface area contributed by atoms with Gasteiger partial charge in [0.05, 0.1) is 17.0 Å². The molecule has 20 heavy (non-hydrogen) atoms. The third-order valence-corrected chi connectivity index (χ3v) is 2.85. The van der Waals surface area contributed by atoms with E-state index in [2.05, 4.69) is 0 Å². The second-order valence-corrected chi connectivity index (χ2v) is 4.23. The Bertz CT molecular complexity index is 555. The predicted molar refractivity (Wildman–Crippen MR) is 68.3 cm³/mol. The Morgan fingerprint density at radius 3 is 2.80 bits per heavy atom. The quantitative estimate of drug-likeness (QED) is 0.470. The van der Waals surface area contributed by atoms with E-state index in [1.807, 2.05) is 30.3 Å². The van der Waals surface area contributed by atoms with E-state index in [4.69, 9.17) is 4.74 Å². The number of cyclic esters (lactones) is 1. The molecule has 2 rings (SSSR count). The minimum absolute atomic E-state index is 0.0891. The van der Waals surface area contributed by atoms with Crippen molar-refractivity contribution in [2.75, 3.05) is 6.61 Å². The van der Waals surface area contributed by atoms with Crippen LogP contribution in [-0.4, -0.2) is 34.5 Å². The van der Waals surface area contributed by atoms with Gasteiger partial charge in [-0.05, 0) is 12.0 Å². The molecule has 1 heterocycles. The van der Waals surface area contributed by atoms with E-state index < -0.39 is 23.0 Å². The molecule has 1 saturated heterocycles. The molecule has 1 aromatic carbocycles. The van der Waals surface area contributed by atoms with Crippen molar-refractivity contribution in [3.05, 3.63) is 58.3 Å².